The largest absolute Gasteiger partial charge is 0.394 e. The van der Waals surface area contributed by atoms with Gasteiger partial charge < -0.3 is 10.4 Å². The van der Waals surface area contributed by atoms with Gasteiger partial charge in [-0.3, -0.25) is 4.68 Å². The number of aryl methyl sites for hydroxylation is 1. The van der Waals surface area contributed by atoms with Gasteiger partial charge in [-0.05, 0) is 13.8 Å². The molecule has 2 aromatic heterocycles. The number of hydrogen-bond donors (Lipinski definition) is 2. The molecule has 128 valence electrons. The number of aromatic nitrogens is 3. The molecular formula is C17H28N4OS. The number of aliphatic hydroxyl groups is 1. The Morgan fingerprint density at radius 3 is 2.65 bits per heavy atom. The molecule has 2 rings (SSSR count). The van der Waals surface area contributed by atoms with E-state index in [9.17, 15) is 0 Å². The summed E-state index contributed by atoms with van der Waals surface area (Å²) in [7, 11) is 0. The van der Waals surface area contributed by atoms with Gasteiger partial charge in [0.2, 0.25) is 0 Å². The van der Waals surface area contributed by atoms with Crippen molar-refractivity contribution in [1.82, 2.24) is 20.1 Å². The molecule has 0 spiro atoms. The second-order valence-electron chi connectivity index (χ2n) is 6.92. The summed E-state index contributed by atoms with van der Waals surface area (Å²) < 4.78 is 1.88. The zero-order valence-electron chi connectivity index (χ0n) is 14.8. The highest BCUT2D eigenvalue weighted by atomic mass is 32.1. The summed E-state index contributed by atoms with van der Waals surface area (Å²) in [5.41, 5.74) is 4.69. The Hall–Kier alpha value is -1.24. The maximum absolute atomic E-state index is 9.06. The Balaban J connectivity index is 1.85. The van der Waals surface area contributed by atoms with E-state index in [4.69, 9.17) is 10.1 Å². The lowest BCUT2D eigenvalue weighted by molar-refractivity contribution is 0.267. The highest BCUT2D eigenvalue weighted by molar-refractivity contribution is 7.09. The predicted octanol–water partition coefficient (Wildman–Crippen LogP) is 2.58. The number of hydrogen-bond acceptors (Lipinski definition) is 5. The molecule has 0 bridgehead atoms. The van der Waals surface area contributed by atoms with Crippen LogP contribution in [0.15, 0.2) is 5.38 Å². The van der Waals surface area contributed by atoms with E-state index in [2.05, 4.69) is 43.5 Å². The van der Waals surface area contributed by atoms with E-state index in [0.717, 1.165) is 36.6 Å². The lowest BCUT2D eigenvalue weighted by atomic mass is 9.98. The fraction of sp³-hybridized carbons (Fsp3) is 0.647. The zero-order chi connectivity index (χ0) is 17.0. The fourth-order valence-electron chi connectivity index (χ4n) is 2.50. The molecule has 0 aliphatic heterocycles. The van der Waals surface area contributed by atoms with Gasteiger partial charge in [0.05, 0.1) is 29.5 Å². The highest BCUT2D eigenvalue weighted by Gasteiger charge is 2.17. The van der Waals surface area contributed by atoms with Crippen molar-refractivity contribution in [2.24, 2.45) is 0 Å². The van der Waals surface area contributed by atoms with Crippen LogP contribution in [0, 0.1) is 13.8 Å². The minimum atomic E-state index is 0.120. The predicted molar refractivity (Wildman–Crippen MR) is 95.0 cm³/mol. The molecule has 0 aromatic carbocycles. The third-order valence-electron chi connectivity index (χ3n) is 3.90. The van der Waals surface area contributed by atoms with Crippen molar-refractivity contribution < 1.29 is 5.11 Å². The van der Waals surface area contributed by atoms with Crippen LogP contribution >= 0.6 is 11.3 Å². The summed E-state index contributed by atoms with van der Waals surface area (Å²) in [6.07, 6.45) is 0.940. The molecule has 2 aromatic rings. The first-order valence-corrected chi connectivity index (χ1v) is 9.00. The van der Waals surface area contributed by atoms with E-state index < -0.39 is 0 Å². The number of aliphatic hydroxyl groups excluding tert-OH is 1. The van der Waals surface area contributed by atoms with Crippen LogP contribution in [0.2, 0.25) is 0 Å². The van der Waals surface area contributed by atoms with Crippen LogP contribution in [0.5, 0.6) is 0 Å². The summed E-state index contributed by atoms with van der Waals surface area (Å²) in [5, 5.41) is 20.4. The van der Waals surface area contributed by atoms with Gasteiger partial charge in [-0.2, -0.15) is 5.10 Å². The van der Waals surface area contributed by atoms with Crippen molar-refractivity contribution >= 4 is 11.3 Å². The van der Waals surface area contributed by atoms with Gasteiger partial charge in [-0.1, -0.05) is 20.8 Å². The second kappa shape index (κ2) is 7.55. The third-order valence-corrected chi connectivity index (χ3v) is 5.21. The molecule has 23 heavy (non-hydrogen) atoms. The maximum Gasteiger partial charge on any atom is 0.0981 e. The standard InChI is InChI=1S/C17H28N4OS/c1-12-15(13(2)21(20-12)8-9-22)10-18-7-6-14-11-23-16(19-14)17(3,4)5/h11,18,22H,6-10H2,1-5H3. The molecule has 2 N–H and O–H groups in total. The van der Waals surface area contributed by atoms with Crippen molar-refractivity contribution in [2.45, 2.75) is 59.5 Å². The molecule has 2 heterocycles. The minimum Gasteiger partial charge on any atom is -0.394 e. The molecule has 6 heteroatoms. The van der Waals surface area contributed by atoms with Gasteiger partial charge in [0.1, 0.15) is 0 Å². The summed E-state index contributed by atoms with van der Waals surface area (Å²) in [5.74, 6) is 0. The fourth-order valence-corrected chi connectivity index (χ4v) is 3.44. The van der Waals surface area contributed by atoms with Gasteiger partial charge in [0.15, 0.2) is 0 Å². The third kappa shape index (κ3) is 4.62. The summed E-state index contributed by atoms with van der Waals surface area (Å²) in [4.78, 5) is 4.72. The summed E-state index contributed by atoms with van der Waals surface area (Å²) >= 11 is 1.75. The maximum atomic E-state index is 9.06. The quantitative estimate of drug-likeness (QED) is 0.763. The zero-order valence-corrected chi connectivity index (χ0v) is 15.6. The first kappa shape index (κ1) is 18.1. The van der Waals surface area contributed by atoms with Crippen molar-refractivity contribution in [3.8, 4) is 0 Å². The Bertz CT molecular complexity index is 640. The first-order valence-electron chi connectivity index (χ1n) is 8.12. The molecule has 0 atom stereocenters. The van der Waals surface area contributed by atoms with E-state index in [1.807, 2.05) is 11.6 Å². The van der Waals surface area contributed by atoms with Crippen molar-refractivity contribution in [3.05, 3.63) is 33.0 Å². The Morgan fingerprint density at radius 2 is 2.04 bits per heavy atom. The molecule has 0 radical (unpaired) electrons. The van der Waals surface area contributed by atoms with Crippen molar-refractivity contribution in [1.29, 1.82) is 0 Å². The smallest absolute Gasteiger partial charge is 0.0981 e. The Morgan fingerprint density at radius 1 is 1.30 bits per heavy atom. The van der Waals surface area contributed by atoms with Crippen LogP contribution in [-0.4, -0.2) is 33.0 Å². The molecule has 0 saturated carbocycles. The van der Waals surface area contributed by atoms with E-state index >= 15 is 0 Å². The lowest BCUT2D eigenvalue weighted by Gasteiger charge is -2.13. The van der Waals surface area contributed by atoms with Gasteiger partial charge in [0.25, 0.3) is 0 Å². The summed E-state index contributed by atoms with van der Waals surface area (Å²) in [6.45, 7) is 13.1. The van der Waals surface area contributed by atoms with Crippen LogP contribution < -0.4 is 5.32 Å². The Labute approximate surface area is 142 Å². The van der Waals surface area contributed by atoms with Crippen LogP contribution in [0.25, 0.3) is 0 Å². The second-order valence-corrected chi connectivity index (χ2v) is 7.77. The minimum absolute atomic E-state index is 0.120. The van der Waals surface area contributed by atoms with Crippen LogP contribution in [-0.2, 0) is 24.9 Å². The van der Waals surface area contributed by atoms with Crippen molar-refractivity contribution in [2.75, 3.05) is 13.2 Å². The molecule has 0 saturated heterocycles. The number of rotatable bonds is 7. The molecule has 0 aliphatic rings. The number of thiazole rings is 1. The molecule has 0 aliphatic carbocycles. The highest BCUT2D eigenvalue weighted by Crippen LogP contribution is 2.25. The van der Waals surface area contributed by atoms with E-state index in [-0.39, 0.29) is 12.0 Å². The summed E-state index contributed by atoms with van der Waals surface area (Å²) in [6, 6.07) is 0. The average molecular weight is 337 g/mol. The van der Waals surface area contributed by atoms with E-state index in [0.29, 0.717) is 6.54 Å². The van der Waals surface area contributed by atoms with Gasteiger partial charge in [-0.25, -0.2) is 4.98 Å². The van der Waals surface area contributed by atoms with E-state index in [1.165, 1.54) is 10.6 Å². The Kier molecular flexibility index (Phi) is 5.95. The van der Waals surface area contributed by atoms with Gasteiger partial charge in [0, 0.05) is 41.6 Å². The first-order chi connectivity index (χ1) is 10.8. The molecule has 0 unspecified atom stereocenters. The SMILES string of the molecule is Cc1nn(CCO)c(C)c1CNCCc1csc(C(C)(C)C)n1. The normalized spacial score (nSPS) is 12.1. The average Bonchev–Trinajstić information content (AvgIpc) is 3.03. The molecule has 0 amide bonds. The lowest BCUT2D eigenvalue weighted by Crippen LogP contribution is -2.18. The molecular weight excluding hydrogens is 308 g/mol. The van der Waals surface area contributed by atoms with Crippen LogP contribution in [0.3, 0.4) is 0 Å². The number of nitrogens with zero attached hydrogens (tertiary/aromatic N) is 3. The van der Waals surface area contributed by atoms with Gasteiger partial charge in [-0.15, -0.1) is 11.3 Å². The number of nitrogens with one attached hydrogen (secondary N) is 1. The molecule has 0 fully saturated rings. The van der Waals surface area contributed by atoms with Gasteiger partial charge >= 0.3 is 0 Å². The van der Waals surface area contributed by atoms with Crippen LogP contribution in [0.1, 0.15) is 48.4 Å². The molecule has 5 nitrogen and oxygen atoms in total. The van der Waals surface area contributed by atoms with E-state index in [1.54, 1.807) is 11.3 Å². The monoisotopic (exact) mass is 336 g/mol. The van der Waals surface area contributed by atoms with Crippen molar-refractivity contribution in [3.63, 3.8) is 0 Å². The van der Waals surface area contributed by atoms with Crippen LogP contribution in [0.4, 0.5) is 0 Å². The topological polar surface area (TPSA) is 63.0 Å².